The summed E-state index contributed by atoms with van der Waals surface area (Å²) in [7, 11) is 1.74. The van der Waals surface area contributed by atoms with Crippen LogP contribution in [0.2, 0.25) is 5.02 Å². The van der Waals surface area contributed by atoms with Crippen LogP contribution in [0.5, 0.6) is 5.88 Å². The summed E-state index contributed by atoms with van der Waals surface area (Å²) in [6.07, 6.45) is 3.52. The van der Waals surface area contributed by atoms with Gasteiger partial charge in [0.05, 0.1) is 5.69 Å². The Bertz CT molecular complexity index is 730. The fraction of sp³-hybridized carbons (Fsp3) is 0.0769. The maximum absolute atomic E-state index is 9.74. The van der Waals surface area contributed by atoms with Crippen molar-refractivity contribution in [1.82, 2.24) is 9.55 Å². The molecule has 1 aromatic carbocycles. The van der Waals surface area contributed by atoms with Gasteiger partial charge in [0.2, 0.25) is 11.8 Å². The average molecular weight is 275 g/mol. The summed E-state index contributed by atoms with van der Waals surface area (Å²) in [5.41, 5.74) is 8.84. The molecule has 0 atom stereocenters. The van der Waals surface area contributed by atoms with Crippen LogP contribution < -0.4 is 5.73 Å². The molecule has 0 radical (unpaired) electrons. The standard InChI is InChI=1S/C13H11ClN4O/c1-18-11(12(19)17-13(18)15)4-7-6-16-10-5-8(14)2-3-9(7)10/h2-6,19H,1H3,(H2,15,17)/b7-4-. The Morgan fingerprint density at radius 1 is 1.42 bits per heavy atom. The Kier molecular flexibility index (Phi) is 2.57. The van der Waals surface area contributed by atoms with Crippen molar-refractivity contribution < 1.29 is 5.11 Å². The van der Waals surface area contributed by atoms with Gasteiger partial charge in [-0.3, -0.25) is 4.99 Å². The fourth-order valence-corrected chi connectivity index (χ4v) is 2.17. The number of aliphatic imine (C=N–C) groups is 1. The minimum absolute atomic E-state index is 0.0942. The molecule has 0 saturated carbocycles. The largest absolute Gasteiger partial charge is 0.492 e. The van der Waals surface area contributed by atoms with Crippen LogP contribution >= 0.6 is 11.6 Å². The molecule has 0 aliphatic carbocycles. The van der Waals surface area contributed by atoms with Crippen LogP contribution in [0.4, 0.5) is 11.6 Å². The molecule has 3 N–H and O–H groups in total. The van der Waals surface area contributed by atoms with Crippen LogP contribution in [0.1, 0.15) is 11.3 Å². The number of hydrogen-bond acceptors (Lipinski definition) is 4. The number of fused-ring (bicyclic) bond motifs is 1. The van der Waals surface area contributed by atoms with E-state index in [9.17, 15) is 5.11 Å². The lowest BCUT2D eigenvalue weighted by molar-refractivity contribution is 0.455. The molecule has 2 heterocycles. The van der Waals surface area contributed by atoms with Crippen LogP contribution in [0, 0.1) is 0 Å². The van der Waals surface area contributed by atoms with Gasteiger partial charge in [0.1, 0.15) is 5.69 Å². The molecule has 3 rings (SSSR count). The highest BCUT2D eigenvalue weighted by Gasteiger charge is 2.15. The third kappa shape index (κ3) is 1.88. The monoisotopic (exact) mass is 274 g/mol. The van der Waals surface area contributed by atoms with E-state index >= 15 is 0 Å². The van der Waals surface area contributed by atoms with Gasteiger partial charge in [-0.2, -0.15) is 4.98 Å². The molecular weight excluding hydrogens is 264 g/mol. The zero-order chi connectivity index (χ0) is 13.6. The summed E-state index contributed by atoms with van der Waals surface area (Å²) in [5, 5.41) is 10.4. The van der Waals surface area contributed by atoms with Gasteiger partial charge < -0.3 is 15.4 Å². The highest BCUT2D eigenvalue weighted by molar-refractivity contribution is 6.31. The summed E-state index contributed by atoms with van der Waals surface area (Å²) < 4.78 is 1.62. The number of allylic oxidation sites excluding steroid dienone is 1. The topological polar surface area (TPSA) is 76.4 Å². The van der Waals surface area contributed by atoms with E-state index < -0.39 is 0 Å². The molecule has 1 aliphatic heterocycles. The first kappa shape index (κ1) is 11.8. The molecular formula is C13H11ClN4O. The first-order valence-electron chi connectivity index (χ1n) is 5.63. The molecule has 0 unspecified atom stereocenters. The molecule has 0 saturated heterocycles. The number of nitrogen functional groups attached to an aromatic ring is 1. The normalized spacial score (nSPS) is 15.2. The predicted octanol–water partition coefficient (Wildman–Crippen LogP) is 2.62. The Balaban J connectivity index is 2.11. The van der Waals surface area contributed by atoms with Crippen molar-refractivity contribution in [3.8, 4) is 5.88 Å². The van der Waals surface area contributed by atoms with Crippen LogP contribution in [0.25, 0.3) is 11.6 Å². The van der Waals surface area contributed by atoms with Gasteiger partial charge in [-0.1, -0.05) is 17.7 Å². The number of nitrogens with zero attached hydrogens (tertiary/aromatic N) is 3. The second-order valence-corrected chi connectivity index (χ2v) is 4.69. The molecule has 6 heteroatoms. The smallest absolute Gasteiger partial charge is 0.238 e. The maximum Gasteiger partial charge on any atom is 0.238 e. The Morgan fingerprint density at radius 2 is 2.21 bits per heavy atom. The van der Waals surface area contributed by atoms with Crippen molar-refractivity contribution in [3.05, 3.63) is 34.5 Å². The minimum Gasteiger partial charge on any atom is -0.492 e. The van der Waals surface area contributed by atoms with Crippen LogP contribution in [-0.2, 0) is 7.05 Å². The number of benzene rings is 1. The van der Waals surface area contributed by atoms with Gasteiger partial charge in [-0.25, -0.2) is 0 Å². The number of rotatable bonds is 1. The first-order chi connectivity index (χ1) is 9.06. The number of halogens is 1. The predicted molar refractivity (Wildman–Crippen MR) is 76.8 cm³/mol. The Hall–Kier alpha value is -2.27. The number of anilines is 1. The number of nitrogens with two attached hydrogens (primary N) is 1. The zero-order valence-electron chi connectivity index (χ0n) is 10.1. The molecule has 19 heavy (non-hydrogen) atoms. The molecule has 5 nitrogen and oxygen atoms in total. The van der Waals surface area contributed by atoms with E-state index in [1.165, 1.54) is 0 Å². The van der Waals surface area contributed by atoms with Gasteiger partial charge in [0.15, 0.2) is 0 Å². The molecule has 1 aliphatic rings. The lowest BCUT2D eigenvalue weighted by Crippen LogP contribution is -1.98. The van der Waals surface area contributed by atoms with Crippen LogP contribution in [-0.4, -0.2) is 20.9 Å². The summed E-state index contributed by atoms with van der Waals surface area (Å²) in [6.45, 7) is 0. The lowest BCUT2D eigenvalue weighted by Gasteiger charge is -2.02. The van der Waals surface area contributed by atoms with Crippen molar-refractivity contribution in [2.45, 2.75) is 0 Å². The fourth-order valence-electron chi connectivity index (χ4n) is 2.00. The number of hydrogen-bond donors (Lipinski definition) is 2. The van der Waals surface area contributed by atoms with Crippen molar-refractivity contribution in [1.29, 1.82) is 0 Å². The second kappa shape index (κ2) is 4.13. The van der Waals surface area contributed by atoms with E-state index in [-0.39, 0.29) is 11.8 Å². The van der Waals surface area contributed by atoms with Gasteiger partial charge in [0.25, 0.3) is 0 Å². The van der Waals surface area contributed by atoms with Crippen molar-refractivity contribution in [2.75, 3.05) is 5.73 Å². The van der Waals surface area contributed by atoms with Crippen molar-refractivity contribution in [2.24, 2.45) is 12.0 Å². The Labute approximate surface area is 114 Å². The van der Waals surface area contributed by atoms with E-state index in [1.807, 2.05) is 6.07 Å². The number of aromatic nitrogens is 2. The Morgan fingerprint density at radius 3 is 2.89 bits per heavy atom. The number of imidazole rings is 1. The molecule has 2 aromatic rings. The van der Waals surface area contributed by atoms with Crippen LogP contribution in [0.3, 0.4) is 0 Å². The quantitative estimate of drug-likeness (QED) is 0.839. The van der Waals surface area contributed by atoms with E-state index in [0.717, 1.165) is 16.8 Å². The summed E-state index contributed by atoms with van der Waals surface area (Å²) in [5.74, 6) is 0.166. The third-order valence-corrected chi connectivity index (χ3v) is 3.30. The summed E-state index contributed by atoms with van der Waals surface area (Å²) in [6, 6.07) is 5.50. The summed E-state index contributed by atoms with van der Waals surface area (Å²) in [4.78, 5) is 8.09. The van der Waals surface area contributed by atoms with Gasteiger partial charge in [-0.05, 0) is 18.2 Å². The second-order valence-electron chi connectivity index (χ2n) is 4.26. The van der Waals surface area contributed by atoms with E-state index in [1.54, 1.807) is 36.0 Å². The molecule has 0 bridgehead atoms. The molecule has 96 valence electrons. The number of aromatic hydroxyl groups is 1. The van der Waals surface area contributed by atoms with Gasteiger partial charge in [0, 0.05) is 29.4 Å². The summed E-state index contributed by atoms with van der Waals surface area (Å²) >= 11 is 5.92. The van der Waals surface area contributed by atoms with Crippen molar-refractivity contribution >= 4 is 41.1 Å². The van der Waals surface area contributed by atoms with E-state index in [0.29, 0.717) is 10.7 Å². The lowest BCUT2D eigenvalue weighted by atomic mass is 10.1. The van der Waals surface area contributed by atoms with Crippen molar-refractivity contribution in [3.63, 3.8) is 0 Å². The minimum atomic E-state index is -0.0942. The van der Waals surface area contributed by atoms with E-state index in [2.05, 4.69) is 9.98 Å². The van der Waals surface area contributed by atoms with Gasteiger partial charge >= 0.3 is 0 Å². The zero-order valence-corrected chi connectivity index (χ0v) is 10.9. The first-order valence-corrected chi connectivity index (χ1v) is 6.01. The molecule has 1 aromatic heterocycles. The highest BCUT2D eigenvalue weighted by atomic mass is 35.5. The molecule has 0 spiro atoms. The third-order valence-electron chi connectivity index (χ3n) is 3.06. The van der Waals surface area contributed by atoms with Crippen LogP contribution in [0.15, 0.2) is 23.2 Å². The maximum atomic E-state index is 9.74. The molecule has 0 fully saturated rings. The average Bonchev–Trinajstić information content (AvgIpc) is 2.86. The van der Waals surface area contributed by atoms with E-state index in [4.69, 9.17) is 17.3 Å². The highest BCUT2D eigenvalue weighted by Crippen LogP contribution is 2.35. The SMILES string of the molecule is Cn1c(N)nc(O)c1/C=C1/C=Nc2cc(Cl)ccc21. The van der Waals surface area contributed by atoms with Gasteiger partial charge in [-0.15, -0.1) is 0 Å². The molecule has 0 amide bonds.